The average molecular weight is 994 g/mol. The number of carbonyl (C=O) groups excluding carboxylic acids is 4. The minimum Gasteiger partial charge on any atom is -0.462 e. The summed E-state index contributed by atoms with van der Waals surface area (Å²) in [6.45, 7) is 14.9. The Morgan fingerprint density at radius 2 is 0.600 bits per heavy atom. The van der Waals surface area contributed by atoms with E-state index in [9.17, 15) is 19.2 Å². The van der Waals surface area contributed by atoms with Gasteiger partial charge in [-0.15, -0.1) is 0 Å². The minimum absolute atomic E-state index is 0. The van der Waals surface area contributed by atoms with Crippen LogP contribution in [0.25, 0.3) is 0 Å². The first-order chi connectivity index (χ1) is 33.5. The summed E-state index contributed by atoms with van der Waals surface area (Å²) in [5.41, 5.74) is 0. The molecule has 70 heavy (non-hydrogen) atoms. The van der Waals surface area contributed by atoms with Gasteiger partial charge in [-0.1, -0.05) is 209 Å². The first-order valence-electron chi connectivity index (χ1n) is 30.1. The second kappa shape index (κ2) is 51.7. The van der Waals surface area contributed by atoms with Crippen LogP contribution in [0.4, 0.5) is 0 Å². The molecule has 0 N–H and O–H groups in total. The van der Waals surface area contributed by atoms with Crippen molar-refractivity contribution in [1.82, 2.24) is 9.80 Å². The number of hydrogen-bond donors (Lipinski definition) is 0. The SMILES string of the molecule is C.CCCCC(CCCC)OC(=O)CCCCCCCCC(CCCCCCCCC(=O)OC(CCCC)CCCC)N(CCCN(C)C)C(=O)CCCCCCCC(=O)OC(CCCC)CCCC. The third-order valence-corrected chi connectivity index (χ3v) is 14.0. The summed E-state index contributed by atoms with van der Waals surface area (Å²) in [5.74, 6) is 0.227. The molecule has 0 bridgehead atoms. The van der Waals surface area contributed by atoms with Gasteiger partial charge in [0, 0.05) is 38.3 Å². The number of esters is 3. The molecule has 0 radical (unpaired) electrons. The number of ether oxygens (including phenoxy) is 3. The third kappa shape index (κ3) is 43.4. The maximum atomic E-state index is 14.1. The fourth-order valence-electron chi connectivity index (χ4n) is 9.57. The van der Waals surface area contributed by atoms with Crippen molar-refractivity contribution in [3.63, 3.8) is 0 Å². The second-order valence-corrected chi connectivity index (χ2v) is 21.2. The van der Waals surface area contributed by atoms with E-state index in [4.69, 9.17) is 14.2 Å². The van der Waals surface area contributed by atoms with Gasteiger partial charge in [-0.2, -0.15) is 0 Å². The molecule has 0 aliphatic heterocycles. The lowest BCUT2D eigenvalue weighted by molar-refractivity contribution is -0.151. The molecule has 1 amide bonds. The number of carbonyl (C=O) groups is 4. The average Bonchev–Trinajstić information content (AvgIpc) is 3.33. The number of amides is 1. The lowest BCUT2D eigenvalue weighted by atomic mass is 9.97. The molecule has 0 spiro atoms. The van der Waals surface area contributed by atoms with Crippen LogP contribution in [0.2, 0.25) is 0 Å². The van der Waals surface area contributed by atoms with Crippen molar-refractivity contribution in [2.45, 2.75) is 343 Å². The molecule has 9 heteroatoms. The zero-order valence-corrected chi connectivity index (χ0v) is 47.2. The van der Waals surface area contributed by atoms with Gasteiger partial charge in [0.15, 0.2) is 0 Å². The molecule has 0 saturated heterocycles. The van der Waals surface area contributed by atoms with Crippen molar-refractivity contribution in [1.29, 1.82) is 0 Å². The first-order valence-corrected chi connectivity index (χ1v) is 30.1. The van der Waals surface area contributed by atoms with E-state index in [1.165, 1.54) is 0 Å². The molecular formula is C61H120N2O7. The summed E-state index contributed by atoms with van der Waals surface area (Å²) in [6.07, 6.45) is 42.7. The molecule has 0 aliphatic rings. The van der Waals surface area contributed by atoms with Crippen LogP contribution in [-0.4, -0.2) is 85.2 Å². The van der Waals surface area contributed by atoms with Crippen LogP contribution in [0.15, 0.2) is 0 Å². The molecule has 0 unspecified atom stereocenters. The summed E-state index contributed by atoms with van der Waals surface area (Å²) in [5, 5.41) is 0. The fraction of sp³-hybridized carbons (Fsp3) is 0.934. The van der Waals surface area contributed by atoms with Crippen LogP contribution in [-0.2, 0) is 33.4 Å². The molecule has 0 saturated carbocycles. The Labute approximate surface area is 435 Å². The lowest BCUT2D eigenvalue weighted by Crippen LogP contribution is -2.41. The smallest absolute Gasteiger partial charge is 0.306 e. The van der Waals surface area contributed by atoms with Gasteiger partial charge in [-0.3, -0.25) is 19.2 Å². The molecule has 0 rings (SSSR count). The van der Waals surface area contributed by atoms with Crippen molar-refractivity contribution in [3.05, 3.63) is 0 Å². The highest BCUT2D eigenvalue weighted by Crippen LogP contribution is 2.23. The van der Waals surface area contributed by atoms with Gasteiger partial charge < -0.3 is 24.0 Å². The maximum absolute atomic E-state index is 14.1. The van der Waals surface area contributed by atoms with Crippen LogP contribution in [0.3, 0.4) is 0 Å². The predicted molar refractivity (Wildman–Crippen MR) is 298 cm³/mol. The topological polar surface area (TPSA) is 102 Å². The second-order valence-electron chi connectivity index (χ2n) is 21.2. The molecule has 9 nitrogen and oxygen atoms in total. The largest absolute Gasteiger partial charge is 0.462 e. The van der Waals surface area contributed by atoms with E-state index in [0.717, 1.165) is 257 Å². The van der Waals surface area contributed by atoms with E-state index < -0.39 is 0 Å². The summed E-state index contributed by atoms with van der Waals surface area (Å²) in [7, 11) is 4.23. The van der Waals surface area contributed by atoms with Crippen molar-refractivity contribution in [2.24, 2.45) is 0 Å². The summed E-state index contributed by atoms with van der Waals surface area (Å²) in [4.78, 5) is 56.5. The molecular weight excluding hydrogens is 873 g/mol. The van der Waals surface area contributed by atoms with Crippen LogP contribution in [0.5, 0.6) is 0 Å². The van der Waals surface area contributed by atoms with Gasteiger partial charge in [0.25, 0.3) is 0 Å². The van der Waals surface area contributed by atoms with Crippen molar-refractivity contribution in [3.8, 4) is 0 Å². The van der Waals surface area contributed by atoms with Crippen LogP contribution in [0, 0.1) is 0 Å². The number of unbranched alkanes of at least 4 members (excludes halogenated alkanes) is 20. The Balaban J connectivity index is 0. The van der Waals surface area contributed by atoms with Crippen molar-refractivity contribution < 1.29 is 33.4 Å². The van der Waals surface area contributed by atoms with E-state index in [1.807, 2.05) is 0 Å². The third-order valence-electron chi connectivity index (χ3n) is 14.0. The van der Waals surface area contributed by atoms with Gasteiger partial charge >= 0.3 is 17.9 Å². The standard InChI is InChI=1S/C60H116N2O7.CH4/c1-9-15-41-54(42-16-10-2)67-58(64)48-35-29-23-21-26-32-39-53(40-33-27-22-24-30-36-49-59(65)68-55(43-17-11-3)44-18-12-4)62(52-38-51-61(7)8)57(63)47-34-28-25-31-37-50-60(66)69-56(45-19-13-5)46-20-14-6;/h53-56H,9-52H2,1-8H3;1H4. The predicted octanol–water partition coefficient (Wildman–Crippen LogP) is 17.6. The lowest BCUT2D eigenvalue weighted by Gasteiger charge is -2.33. The zero-order chi connectivity index (χ0) is 51.0. The number of hydrogen-bond acceptors (Lipinski definition) is 8. The molecule has 0 aromatic rings. The van der Waals surface area contributed by atoms with Crippen LogP contribution in [0.1, 0.15) is 319 Å². The molecule has 0 atom stereocenters. The van der Waals surface area contributed by atoms with Gasteiger partial charge in [-0.25, -0.2) is 0 Å². The molecule has 0 heterocycles. The molecule has 0 aromatic carbocycles. The molecule has 0 aliphatic carbocycles. The highest BCUT2D eigenvalue weighted by molar-refractivity contribution is 5.76. The Bertz CT molecular complexity index is 1110. The van der Waals surface area contributed by atoms with Gasteiger partial charge in [0.05, 0.1) is 0 Å². The number of rotatable bonds is 52. The van der Waals surface area contributed by atoms with Gasteiger partial charge in [0.2, 0.25) is 5.91 Å². The normalized spacial score (nSPS) is 11.6. The van der Waals surface area contributed by atoms with E-state index in [2.05, 4.69) is 65.4 Å². The van der Waals surface area contributed by atoms with Crippen LogP contribution >= 0.6 is 0 Å². The van der Waals surface area contributed by atoms with E-state index in [0.29, 0.717) is 31.6 Å². The van der Waals surface area contributed by atoms with Gasteiger partial charge in [-0.05, 0) is 104 Å². The van der Waals surface area contributed by atoms with Gasteiger partial charge in [0.1, 0.15) is 18.3 Å². The minimum atomic E-state index is -0.0430. The Morgan fingerprint density at radius 1 is 0.329 bits per heavy atom. The first kappa shape index (κ1) is 69.9. The summed E-state index contributed by atoms with van der Waals surface area (Å²) in [6, 6.07) is 0.260. The zero-order valence-electron chi connectivity index (χ0n) is 47.2. The Morgan fingerprint density at radius 3 is 0.886 bits per heavy atom. The van der Waals surface area contributed by atoms with E-state index in [-0.39, 0.29) is 49.7 Å². The van der Waals surface area contributed by atoms with Crippen molar-refractivity contribution in [2.75, 3.05) is 27.2 Å². The molecule has 0 fully saturated rings. The van der Waals surface area contributed by atoms with E-state index in [1.54, 1.807) is 0 Å². The Hall–Kier alpha value is -2.16. The molecule has 416 valence electrons. The quantitative estimate of drug-likeness (QED) is 0.0337. The van der Waals surface area contributed by atoms with Crippen molar-refractivity contribution >= 4 is 23.8 Å². The maximum Gasteiger partial charge on any atom is 0.306 e. The molecule has 0 aromatic heterocycles. The Kier molecular flexibility index (Phi) is 51.7. The monoisotopic (exact) mass is 993 g/mol. The highest BCUT2D eigenvalue weighted by Gasteiger charge is 2.23. The number of nitrogens with zero attached hydrogens (tertiary/aromatic N) is 2. The van der Waals surface area contributed by atoms with Crippen LogP contribution < -0.4 is 0 Å². The highest BCUT2D eigenvalue weighted by atomic mass is 16.6. The van der Waals surface area contributed by atoms with E-state index >= 15 is 0 Å². The summed E-state index contributed by atoms with van der Waals surface area (Å²) >= 11 is 0. The summed E-state index contributed by atoms with van der Waals surface area (Å²) < 4.78 is 17.7. The fourth-order valence-corrected chi connectivity index (χ4v) is 9.57.